The number of nitrogens with one attached hydrogen (secondary N) is 1. The monoisotopic (exact) mass is 631 g/mol. The number of hydrogen-bond donors (Lipinski definition) is 4. The molecule has 3 unspecified atom stereocenters. The standard InChI is InChI=1S/C10H18O4.C9H16NO4.Ac/c1-3-4-13-10-7(2)5-8(12)9(6-11)14-10;1-2-3-13-9-6(10)4-7(12)8(5-11)14-9;/h3,7-12H,1,4-6H2,2H3;2,6-12H,1,3-5H2;/q;-1;/t7-,8-,9?,10+;6?,7-,8?,9+;/m00./s1. The van der Waals surface area contributed by atoms with E-state index in [1.165, 1.54) is 0 Å². The van der Waals surface area contributed by atoms with E-state index in [-0.39, 0.29) is 75.9 Å². The van der Waals surface area contributed by atoms with E-state index in [0.717, 1.165) is 0 Å². The molecule has 2 heterocycles. The fraction of sp³-hybridized carbons (Fsp3) is 0.789. The van der Waals surface area contributed by atoms with Gasteiger partial charge in [-0.2, -0.15) is 0 Å². The fourth-order valence-corrected chi connectivity index (χ4v) is 2.94. The van der Waals surface area contributed by atoms with E-state index in [1.807, 2.05) is 6.92 Å². The molecule has 0 aromatic carbocycles. The number of hydrogen-bond acceptors (Lipinski definition) is 8. The molecule has 5 N–H and O–H groups in total. The molecular weight excluding hydrogens is 597 g/mol. The van der Waals surface area contributed by atoms with Crippen molar-refractivity contribution in [3.05, 3.63) is 31.0 Å². The van der Waals surface area contributed by atoms with Crippen LogP contribution in [0.3, 0.4) is 0 Å². The molecule has 2 aliphatic heterocycles. The third kappa shape index (κ3) is 10.1. The summed E-state index contributed by atoms with van der Waals surface area (Å²) in [5.41, 5.74) is 7.58. The summed E-state index contributed by atoms with van der Waals surface area (Å²) in [5, 5.41) is 36.7. The van der Waals surface area contributed by atoms with Gasteiger partial charge >= 0.3 is 0 Å². The summed E-state index contributed by atoms with van der Waals surface area (Å²) >= 11 is 0. The van der Waals surface area contributed by atoms with Crippen LogP contribution in [-0.4, -0.2) is 89.9 Å². The van der Waals surface area contributed by atoms with Crippen LogP contribution in [0.2, 0.25) is 0 Å². The summed E-state index contributed by atoms with van der Waals surface area (Å²) in [4.78, 5) is 0. The van der Waals surface area contributed by atoms with Crippen LogP contribution >= 0.6 is 0 Å². The Kier molecular flexibility index (Phi) is 16.5. The van der Waals surface area contributed by atoms with Crippen LogP contribution in [0, 0.1) is 50.0 Å². The molecule has 2 aliphatic rings. The van der Waals surface area contributed by atoms with Crippen molar-refractivity contribution in [1.29, 1.82) is 0 Å². The number of ether oxygens (including phenoxy) is 4. The molecule has 0 spiro atoms. The Bertz CT molecular complexity index is 418. The third-order valence-electron chi connectivity index (χ3n) is 4.49. The molecule has 0 aromatic rings. The van der Waals surface area contributed by atoms with E-state index in [2.05, 4.69) is 13.2 Å². The Morgan fingerprint density at radius 1 is 0.931 bits per heavy atom. The number of rotatable bonds is 8. The van der Waals surface area contributed by atoms with Gasteiger partial charge in [0.2, 0.25) is 0 Å². The van der Waals surface area contributed by atoms with Crippen molar-refractivity contribution in [2.75, 3.05) is 26.4 Å². The molecule has 0 bridgehead atoms. The molecule has 0 amide bonds. The van der Waals surface area contributed by atoms with Gasteiger partial charge in [-0.05, 0) is 12.8 Å². The molecule has 29 heavy (non-hydrogen) atoms. The van der Waals surface area contributed by atoms with E-state index < -0.39 is 36.7 Å². The van der Waals surface area contributed by atoms with Crippen molar-refractivity contribution in [3.63, 3.8) is 0 Å². The summed E-state index contributed by atoms with van der Waals surface area (Å²) in [7, 11) is 0. The molecule has 8 atom stereocenters. The second kappa shape index (κ2) is 16.2. The first-order chi connectivity index (χ1) is 13.4. The van der Waals surface area contributed by atoms with Gasteiger partial charge in [0.25, 0.3) is 0 Å². The Labute approximate surface area is 208 Å². The Morgan fingerprint density at radius 3 is 1.86 bits per heavy atom. The maximum absolute atomic E-state index is 9.52. The summed E-state index contributed by atoms with van der Waals surface area (Å²) < 4.78 is 21.1. The zero-order valence-corrected chi connectivity index (χ0v) is 21.7. The van der Waals surface area contributed by atoms with Crippen LogP contribution in [0.1, 0.15) is 19.8 Å². The molecule has 2 fully saturated rings. The van der Waals surface area contributed by atoms with Crippen molar-refractivity contribution >= 4 is 0 Å². The van der Waals surface area contributed by atoms with Crippen LogP contribution < -0.4 is 0 Å². The molecule has 167 valence electrons. The van der Waals surface area contributed by atoms with Gasteiger partial charge in [-0.1, -0.05) is 25.1 Å². The maximum atomic E-state index is 9.52. The summed E-state index contributed by atoms with van der Waals surface area (Å²) in [6.07, 6.45) is 0.462. The average Bonchev–Trinajstić information content (AvgIpc) is 2.67. The van der Waals surface area contributed by atoms with Gasteiger partial charge in [-0.15, -0.1) is 13.2 Å². The van der Waals surface area contributed by atoms with E-state index in [0.29, 0.717) is 19.6 Å². The van der Waals surface area contributed by atoms with Gasteiger partial charge in [0, 0.05) is 50.0 Å². The zero-order valence-electron chi connectivity index (χ0n) is 16.9. The molecule has 2 rings (SSSR count). The Morgan fingerprint density at radius 2 is 1.38 bits per heavy atom. The van der Waals surface area contributed by atoms with Gasteiger partial charge < -0.3 is 45.1 Å². The first-order valence-corrected chi connectivity index (χ1v) is 9.42. The summed E-state index contributed by atoms with van der Waals surface area (Å²) in [6.45, 7) is 9.26. The SMILES string of the molecule is C=CCO[C@@H]1OC(CO)[C@@H](O)CC1[NH-].C=CCO[C@@H]1OC(CO)[C@@H](O)C[C@@H]1C.[Ac]. The predicted molar refractivity (Wildman–Crippen MR) is 102 cm³/mol. The molecular formula is C19H34AcNO8-. The van der Waals surface area contributed by atoms with Crippen LogP contribution in [-0.2, 0) is 18.9 Å². The average molecular weight is 631 g/mol. The summed E-state index contributed by atoms with van der Waals surface area (Å²) in [5.74, 6) is 0.132. The topological polar surface area (TPSA) is 142 Å². The fourth-order valence-electron chi connectivity index (χ4n) is 2.94. The van der Waals surface area contributed by atoms with Crippen LogP contribution in [0.15, 0.2) is 25.3 Å². The van der Waals surface area contributed by atoms with Crippen LogP contribution in [0.5, 0.6) is 0 Å². The van der Waals surface area contributed by atoms with E-state index in [4.69, 9.17) is 34.9 Å². The second-order valence-electron chi connectivity index (χ2n) is 6.88. The first kappa shape index (κ1) is 29.6. The zero-order chi connectivity index (χ0) is 21.1. The second-order valence-corrected chi connectivity index (χ2v) is 6.88. The molecule has 2 saturated heterocycles. The number of aliphatic hydroxyl groups excluding tert-OH is 4. The molecule has 0 aliphatic carbocycles. The Hall–Kier alpha value is 0.562. The van der Waals surface area contributed by atoms with Gasteiger partial charge in [-0.25, -0.2) is 0 Å². The molecule has 10 heteroatoms. The van der Waals surface area contributed by atoms with Crippen LogP contribution in [0.25, 0.3) is 5.73 Å². The minimum atomic E-state index is -0.786. The van der Waals surface area contributed by atoms with Gasteiger partial charge in [0.1, 0.15) is 18.5 Å². The summed E-state index contributed by atoms with van der Waals surface area (Å²) in [6, 6.07) is -0.618. The van der Waals surface area contributed by atoms with E-state index in [9.17, 15) is 10.2 Å². The molecule has 0 aromatic heterocycles. The van der Waals surface area contributed by atoms with E-state index >= 15 is 0 Å². The Balaban J connectivity index is 0.000000523. The quantitative estimate of drug-likeness (QED) is 0.282. The van der Waals surface area contributed by atoms with Gasteiger partial charge in [-0.3, -0.25) is 0 Å². The predicted octanol–water partition coefficient (Wildman–Crippen LogP) is 0.371. The third-order valence-corrected chi connectivity index (χ3v) is 4.49. The van der Waals surface area contributed by atoms with Gasteiger partial charge in [0.05, 0.1) is 38.6 Å². The van der Waals surface area contributed by atoms with Gasteiger partial charge in [0.15, 0.2) is 6.29 Å². The normalized spacial score (nSPS) is 36.9. The van der Waals surface area contributed by atoms with Crippen molar-refractivity contribution in [3.8, 4) is 0 Å². The molecule has 1 radical (unpaired) electrons. The smallest absolute Gasteiger partial charge is 0.161 e. The van der Waals surface area contributed by atoms with Crippen molar-refractivity contribution in [1.82, 2.24) is 0 Å². The minimum absolute atomic E-state index is 0. The van der Waals surface area contributed by atoms with Crippen LogP contribution in [0.4, 0.5) is 0 Å². The molecule has 0 saturated carbocycles. The van der Waals surface area contributed by atoms with Crippen molar-refractivity contribution in [2.24, 2.45) is 5.92 Å². The minimum Gasteiger partial charge on any atom is -0.670 e. The van der Waals surface area contributed by atoms with Crippen molar-refractivity contribution in [2.45, 2.75) is 62.8 Å². The first-order valence-electron chi connectivity index (χ1n) is 9.42. The molecule has 9 nitrogen and oxygen atoms in total. The number of aliphatic hydroxyl groups is 4. The van der Waals surface area contributed by atoms with Crippen molar-refractivity contribution < 1.29 is 83.4 Å². The largest absolute Gasteiger partial charge is 0.670 e. The van der Waals surface area contributed by atoms with E-state index in [1.54, 1.807) is 12.2 Å². The maximum Gasteiger partial charge on any atom is 0.161 e.